The van der Waals surface area contributed by atoms with Crippen molar-refractivity contribution in [2.45, 2.75) is 13.0 Å². The molecule has 0 saturated carbocycles. The van der Waals surface area contributed by atoms with Crippen molar-refractivity contribution in [3.63, 3.8) is 0 Å². The number of halogens is 1. The van der Waals surface area contributed by atoms with E-state index in [4.69, 9.17) is 20.9 Å². The van der Waals surface area contributed by atoms with E-state index >= 15 is 0 Å². The van der Waals surface area contributed by atoms with Gasteiger partial charge in [0.25, 0.3) is 0 Å². The highest BCUT2D eigenvalue weighted by Crippen LogP contribution is 2.45. The molecule has 2 rings (SSSR count). The summed E-state index contributed by atoms with van der Waals surface area (Å²) in [5.74, 6) is 0. The van der Waals surface area contributed by atoms with Crippen molar-refractivity contribution in [3.8, 4) is 0 Å². The lowest BCUT2D eigenvalue weighted by Gasteiger charge is -2.16. The molecule has 0 spiro atoms. The van der Waals surface area contributed by atoms with Crippen LogP contribution < -0.4 is 5.30 Å². The molecule has 1 heterocycles. The first-order valence-electron chi connectivity index (χ1n) is 5.25. The van der Waals surface area contributed by atoms with Crippen molar-refractivity contribution in [1.29, 1.82) is 0 Å². The fraction of sp³-hybridized carbons (Fsp3) is 0.455. The third-order valence-corrected chi connectivity index (χ3v) is 5.24. The van der Waals surface area contributed by atoms with E-state index < -0.39 is 7.37 Å². The Morgan fingerprint density at radius 1 is 1.50 bits per heavy atom. The molecule has 1 saturated heterocycles. The van der Waals surface area contributed by atoms with Crippen molar-refractivity contribution >= 4 is 24.3 Å². The Kier molecular flexibility index (Phi) is 3.70. The quantitative estimate of drug-likeness (QED) is 0.604. The molecule has 1 aliphatic rings. The summed E-state index contributed by atoms with van der Waals surface area (Å²) in [5.41, 5.74) is 0. The zero-order valence-corrected chi connectivity index (χ0v) is 10.7. The topological polar surface area (TPSA) is 38.8 Å². The number of benzene rings is 1. The molecule has 1 aromatic rings. The van der Waals surface area contributed by atoms with E-state index in [2.05, 4.69) is 0 Å². The van der Waals surface area contributed by atoms with Gasteiger partial charge in [0.2, 0.25) is 7.37 Å². The molecular formula is C11H14ClO3P. The maximum absolute atomic E-state index is 12.5. The van der Waals surface area contributed by atoms with Gasteiger partial charge in [0, 0.05) is 16.5 Å². The van der Waals surface area contributed by atoms with E-state index in [0.29, 0.717) is 24.4 Å². The number of hydrogen-bond donors (Lipinski definition) is 0. The predicted octanol–water partition coefficient (Wildman–Crippen LogP) is 2.68. The minimum atomic E-state index is -2.72. The number of rotatable bonds is 5. The lowest BCUT2D eigenvalue weighted by atomic mass is 10.4. The van der Waals surface area contributed by atoms with E-state index in [1.807, 2.05) is 6.92 Å². The van der Waals surface area contributed by atoms with Gasteiger partial charge in [-0.05, 0) is 24.3 Å². The van der Waals surface area contributed by atoms with Gasteiger partial charge in [-0.3, -0.25) is 4.57 Å². The molecule has 0 N–H and O–H groups in total. The van der Waals surface area contributed by atoms with E-state index in [0.717, 1.165) is 5.30 Å². The molecule has 1 aliphatic heterocycles. The van der Waals surface area contributed by atoms with E-state index in [9.17, 15) is 4.57 Å². The van der Waals surface area contributed by atoms with E-state index in [-0.39, 0.29) is 6.10 Å². The van der Waals surface area contributed by atoms with Crippen LogP contribution >= 0.6 is 19.0 Å². The molecule has 88 valence electrons. The largest absolute Gasteiger partial charge is 0.371 e. The standard InChI is InChI=1S/C11H14ClO3P/c1-2-16(13,15-8-10-7-14-10)11-5-3-9(12)4-6-11/h3-6,10H,2,7-8H2,1H3. The SMILES string of the molecule is CCP(=O)(OCC1CO1)c1ccc(Cl)cc1. The van der Waals surface area contributed by atoms with Gasteiger partial charge in [-0.2, -0.15) is 0 Å². The Bertz CT molecular complexity index is 400. The molecule has 3 nitrogen and oxygen atoms in total. The average molecular weight is 261 g/mol. The van der Waals surface area contributed by atoms with Crippen molar-refractivity contribution in [1.82, 2.24) is 0 Å². The predicted molar refractivity (Wildman–Crippen MR) is 64.9 cm³/mol. The Hall–Kier alpha value is -0.340. The summed E-state index contributed by atoms with van der Waals surface area (Å²) in [7, 11) is -2.72. The van der Waals surface area contributed by atoms with Gasteiger partial charge in [-0.15, -0.1) is 0 Å². The van der Waals surface area contributed by atoms with Crippen LogP contribution in [0, 0.1) is 0 Å². The third kappa shape index (κ3) is 2.86. The van der Waals surface area contributed by atoms with Crippen LogP contribution in [0.15, 0.2) is 24.3 Å². The first-order valence-corrected chi connectivity index (χ1v) is 7.44. The maximum atomic E-state index is 12.5. The van der Waals surface area contributed by atoms with Gasteiger partial charge in [0.15, 0.2) is 0 Å². The highest BCUT2D eigenvalue weighted by Gasteiger charge is 2.29. The summed E-state index contributed by atoms with van der Waals surface area (Å²) in [6.45, 7) is 2.99. The molecule has 5 heteroatoms. The maximum Gasteiger partial charge on any atom is 0.231 e. The Balaban J connectivity index is 2.11. The first kappa shape index (κ1) is 12.1. The molecule has 2 atom stereocenters. The van der Waals surface area contributed by atoms with Crippen molar-refractivity contribution in [2.24, 2.45) is 0 Å². The molecule has 0 aromatic heterocycles. The summed E-state index contributed by atoms with van der Waals surface area (Å²) in [5, 5.41) is 1.36. The fourth-order valence-electron chi connectivity index (χ4n) is 1.38. The van der Waals surface area contributed by atoms with Gasteiger partial charge in [-0.25, -0.2) is 0 Å². The highest BCUT2D eigenvalue weighted by molar-refractivity contribution is 7.66. The van der Waals surface area contributed by atoms with Gasteiger partial charge in [0.1, 0.15) is 6.10 Å². The monoisotopic (exact) mass is 260 g/mol. The molecule has 16 heavy (non-hydrogen) atoms. The summed E-state index contributed by atoms with van der Waals surface area (Å²) in [4.78, 5) is 0. The smallest absolute Gasteiger partial charge is 0.231 e. The minimum absolute atomic E-state index is 0.132. The molecule has 0 bridgehead atoms. The molecule has 2 unspecified atom stereocenters. The zero-order chi connectivity index (χ0) is 11.6. The normalized spacial score (nSPS) is 22.8. The van der Waals surface area contributed by atoms with Crippen molar-refractivity contribution < 1.29 is 13.8 Å². The van der Waals surface area contributed by atoms with Crippen LogP contribution in [0.3, 0.4) is 0 Å². The Labute approximate surface area is 100 Å². The summed E-state index contributed by atoms with van der Waals surface area (Å²) >= 11 is 5.79. The van der Waals surface area contributed by atoms with Crippen molar-refractivity contribution in [2.75, 3.05) is 19.4 Å². The van der Waals surface area contributed by atoms with Crippen LogP contribution in [0.4, 0.5) is 0 Å². The highest BCUT2D eigenvalue weighted by atomic mass is 35.5. The second-order valence-corrected chi connectivity index (χ2v) is 6.91. The second-order valence-electron chi connectivity index (χ2n) is 3.72. The second kappa shape index (κ2) is 4.89. The van der Waals surface area contributed by atoms with Gasteiger partial charge in [-0.1, -0.05) is 18.5 Å². The Morgan fingerprint density at radius 2 is 2.12 bits per heavy atom. The third-order valence-electron chi connectivity index (χ3n) is 2.51. The lowest BCUT2D eigenvalue weighted by molar-refractivity contribution is 0.267. The van der Waals surface area contributed by atoms with Crippen LogP contribution in [-0.4, -0.2) is 25.5 Å². The average Bonchev–Trinajstić information content (AvgIpc) is 3.11. The molecule has 1 fully saturated rings. The summed E-state index contributed by atoms with van der Waals surface area (Å²) in [6, 6.07) is 6.99. The molecule has 1 aromatic carbocycles. The van der Waals surface area contributed by atoms with E-state index in [1.165, 1.54) is 0 Å². The van der Waals surface area contributed by atoms with Gasteiger partial charge in [0.05, 0.1) is 13.2 Å². The molecular weight excluding hydrogens is 247 g/mol. The summed E-state index contributed by atoms with van der Waals surface area (Å²) < 4.78 is 23.1. The van der Waals surface area contributed by atoms with Gasteiger partial charge < -0.3 is 9.26 Å². The van der Waals surface area contributed by atoms with Crippen LogP contribution in [0.5, 0.6) is 0 Å². The van der Waals surface area contributed by atoms with Gasteiger partial charge >= 0.3 is 0 Å². The summed E-state index contributed by atoms with van der Waals surface area (Å²) in [6.07, 6.45) is 0.619. The van der Waals surface area contributed by atoms with Crippen molar-refractivity contribution in [3.05, 3.63) is 29.3 Å². The number of hydrogen-bond acceptors (Lipinski definition) is 3. The number of epoxide rings is 1. The molecule has 0 radical (unpaired) electrons. The van der Waals surface area contributed by atoms with E-state index in [1.54, 1.807) is 24.3 Å². The zero-order valence-electron chi connectivity index (χ0n) is 9.06. The van der Waals surface area contributed by atoms with Crippen LogP contribution in [-0.2, 0) is 13.8 Å². The molecule has 0 aliphatic carbocycles. The Morgan fingerprint density at radius 3 is 2.62 bits per heavy atom. The van der Waals surface area contributed by atoms with Crippen LogP contribution in [0.25, 0.3) is 0 Å². The number of ether oxygens (including phenoxy) is 1. The minimum Gasteiger partial charge on any atom is -0.371 e. The molecule has 0 amide bonds. The lowest BCUT2D eigenvalue weighted by Crippen LogP contribution is -2.11. The first-order chi connectivity index (χ1) is 7.64. The fourth-order valence-corrected chi connectivity index (χ4v) is 3.22. The van der Waals surface area contributed by atoms with Crippen LogP contribution in [0.1, 0.15) is 6.92 Å². The van der Waals surface area contributed by atoms with Crippen LogP contribution in [0.2, 0.25) is 5.02 Å².